The third-order valence-corrected chi connectivity index (χ3v) is 2.69. The molecule has 7 heteroatoms. The zero-order valence-corrected chi connectivity index (χ0v) is 10.4. The van der Waals surface area contributed by atoms with Gasteiger partial charge in [0.05, 0.1) is 18.6 Å². The molecule has 3 heterocycles. The van der Waals surface area contributed by atoms with Crippen molar-refractivity contribution in [2.24, 2.45) is 0 Å². The number of nitrogens with zero attached hydrogens (tertiary/aromatic N) is 4. The molecular formula is C12H13N7. The lowest BCUT2D eigenvalue weighted by Gasteiger charge is -2.07. The summed E-state index contributed by atoms with van der Waals surface area (Å²) >= 11 is 0. The van der Waals surface area contributed by atoms with Crippen LogP contribution >= 0.6 is 0 Å². The van der Waals surface area contributed by atoms with Crippen LogP contribution < -0.4 is 11.1 Å². The Balaban J connectivity index is 1.87. The van der Waals surface area contributed by atoms with Gasteiger partial charge in [0.2, 0.25) is 5.95 Å². The van der Waals surface area contributed by atoms with Gasteiger partial charge in [-0.1, -0.05) is 6.07 Å². The molecule has 0 unspecified atom stereocenters. The summed E-state index contributed by atoms with van der Waals surface area (Å²) < 4.78 is 0. The van der Waals surface area contributed by atoms with Gasteiger partial charge < -0.3 is 16.0 Å². The molecule has 0 aromatic carbocycles. The highest BCUT2D eigenvalue weighted by Gasteiger charge is 2.08. The molecule has 0 saturated carbocycles. The maximum atomic E-state index is 5.65. The van der Waals surface area contributed by atoms with Gasteiger partial charge >= 0.3 is 0 Å². The largest absolute Gasteiger partial charge is 0.368 e. The van der Waals surface area contributed by atoms with Gasteiger partial charge in [0.15, 0.2) is 11.5 Å². The normalized spacial score (nSPS) is 10.8. The zero-order valence-electron chi connectivity index (χ0n) is 10.4. The predicted octanol–water partition coefficient (Wildman–Crippen LogP) is 1.25. The van der Waals surface area contributed by atoms with E-state index in [0.717, 1.165) is 16.9 Å². The molecule has 0 amide bonds. The Hall–Kier alpha value is -2.70. The van der Waals surface area contributed by atoms with Gasteiger partial charge in [0.1, 0.15) is 5.52 Å². The number of aromatic amines is 1. The van der Waals surface area contributed by atoms with E-state index in [4.69, 9.17) is 5.73 Å². The number of rotatable bonds is 3. The maximum Gasteiger partial charge on any atom is 0.224 e. The van der Waals surface area contributed by atoms with Crippen LogP contribution in [0.2, 0.25) is 0 Å². The quantitative estimate of drug-likeness (QED) is 0.650. The molecule has 0 aliphatic carbocycles. The fraction of sp³-hybridized carbons (Fsp3) is 0.167. The van der Waals surface area contributed by atoms with Gasteiger partial charge in [0.25, 0.3) is 0 Å². The van der Waals surface area contributed by atoms with Gasteiger partial charge in [-0.25, -0.2) is 4.98 Å². The molecular weight excluding hydrogens is 242 g/mol. The molecule has 3 aromatic rings. The number of pyridine rings is 1. The average Bonchev–Trinajstić information content (AvgIpc) is 2.84. The Kier molecular flexibility index (Phi) is 2.71. The molecule has 4 N–H and O–H groups in total. The third-order valence-electron chi connectivity index (χ3n) is 2.69. The minimum absolute atomic E-state index is 0.194. The van der Waals surface area contributed by atoms with Gasteiger partial charge in [-0.2, -0.15) is 9.97 Å². The Bertz CT molecular complexity index is 719. The molecule has 0 atom stereocenters. The summed E-state index contributed by atoms with van der Waals surface area (Å²) in [6.07, 6.45) is 1.56. The Morgan fingerprint density at radius 1 is 1.26 bits per heavy atom. The van der Waals surface area contributed by atoms with Crippen LogP contribution in [0.5, 0.6) is 0 Å². The van der Waals surface area contributed by atoms with Crippen LogP contribution in [0.15, 0.2) is 24.5 Å². The topological polar surface area (TPSA) is 105 Å². The van der Waals surface area contributed by atoms with Crippen molar-refractivity contribution >= 4 is 22.9 Å². The minimum atomic E-state index is 0.194. The first-order chi connectivity index (χ1) is 9.22. The summed E-state index contributed by atoms with van der Waals surface area (Å²) in [6, 6.07) is 5.88. The number of hydrogen-bond donors (Lipinski definition) is 3. The molecule has 3 rings (SSSR count). The summed E-state index contributed by atoms with van der Waals surface area (Å²) in [7, 11) is 0. The number of nitrogens with one attached hydrogen (secondary N) is 2. The fourth-order valence-electron chi connectivity index (χ4n) is 1.85. The monoisotopic (exact) mass is 255 g/mol. The Morgan fingerprint density at radius 3 is 3.00 bits per heavy atom. The van der Waals surface area contributed by atoms with Crippen LogP contribution in [-0.2, 0) is 6.54 Å². The lowest BCUT2D eigenvalue weighted by Crippen LogP contribution is -2.06. The van der Waals surface area contributed by atoms with E-state index >= 15 is 0 Å². The van der Waals surface area contributed by atoms with Crippen molar-refractivity contribution in [3.05, 3.63) is 35.9 Å². The highest BCUT2D eigenvalue weighted by Crippen LogP contribution is 2.17. The van der Waals surface area contributed by atoms with Crippen LogP contribution in [-0.4, -0.2) is 24.9 Å². The summed E-state index contributed by atoms with van der Waals surface area (Å²) in [6.45, 7) is 2.52. The van der Waals surface area contributed by atoms with E-state index < -0.39 is 0 Å². The number of hydrogen-bond acceptors (Lipinski definition) is 6. The number of imidazole rings is 1. The molecule has 3 aromatic heterocycles. The number of H-pyrrole nitrogens is 1. The van der Waals surface area contributed by atoms with Crippen LogP contribution in [0.3, 0.4) is 0 Å². The van der Waals surface area contributed by atoms with Crippen molar-refractivity contribution in [3.63, 3.8) is 0 Å². The summed E-state index contributed by atoms with van der Waals surface area (Å²) in [5.41, 5.74) is 8.85. The number of aryl methyl sites for hydroxylation is 1. The van der Waals surface area contributed by atoms with E-state index in [9.17, 15) is 0 Å². The molecule has 0 saturated heterocycles. The predicted molar refractivity (Wildman–Crippen MR) is 72.4 cm³/mol. The standard InChI is InChI=1S/C12H13N7/c1-7-3-2-4-8(17-7)5-14-10-9-11(16-6-15-9)19-12(13)18-10/h2-4,6H,5H2,1H3,(H4,13,14,15,16,18,19). The van der Waals surface area contributed by atoms with E-state index in [1.807, 2.05) is 25.1 Å². The fourth-order valence-corrected chi connectivity index (χ4v) is 1.85. The van der Waals surface area contributed by atoms with E-state index in [0.29, 0.717) is 18.0 Å². The molecule has 0 radical (unpaired) electrons. The van der Waals surface area contributed by atoms with Gasteiger partial charge in [-0.3, -0.25) is 4.98 Å². The van der Waals surface area contributed by atoms with Crippen molar-refractivity contribution in [3.8, 4) is 0 Å². The number of aromatic nitrogens is 5. The second-order valence-electron chi connectivity index (χ2n) is 4.16. The van der Waals surface area contributed by atoms with Crippen molar-refractivity contribution in [2.75, 3.05) is 11.1 Å². The zero-order chi connectivity index (χ0) is 13.2. The maximum absolute atomic E-state index is 5.65. The smallest absolute Gasteiger partial charge is 0.224 e. The molecule has 0 bridgehead atoms. The molecule has 96 valence electrons. The van der Waals surface area contributed by atoms with Gasteiger partial charge in [-0.05, 0) is 19.1 Å². The summed E-state index contributed by atoms with van der Waals surface area (Å²) in [5.74, 6) is 0.822. The SMILES string of the molecule is Cc1cccc(CNc2nc(N)nc3nc[nH]c23)n1. The lowest BCUT2D eigenvalue weighted by atomic mass is 10.3. The molecule has 0 fully saturated rings. The third kappa shape index (κ3) is 2.30. The van der Waals surface area contributed by atoms with Crippen LogP contribution in [0, 0.1) is 6.92 Å². The molecule has 0 aliphatic rings. The number of nitrogen functional groups attached to an aromatic ring is 1. The Morgan fingerprint density at radius 2 is 2.16 bits per heavy atom. The van der Waals surface area contributed by atoms with Crippen LogP contribution in [0.4, 0.5) is 11.8 Å². The highest BCUT2D eigenvalue weighted by atomic mass is 15.1. The van der Waals surface area contributed by atoms with E-state index in [1.54, 1.807) is 6.33 Å². The Labute approximate surface area is 109 Å². The summed E-state index contributed by atoms with van der Waals surface area (Å²) in [5, 5.41) is 3.19. The van der Waals surface area contributed by atoms with E-state index in [-0.39, 0.29) is 5.95 Å². The first-order valence-corrected chi connectivity index (χ1v) is 5.85. The average molecular weight is 255 g/mol. The van der Waals surface area contributed by atoms with Crippen molar-refractivity contribution < 1.29 is 0 Å². The van der Waals surface area contributed by atoms with Crippen LogP contribution in [0.25, 0.3) is 11.2 Å². The molecule has 0 spiro atoms. The van der Waals surface area contributed by atoms with Gasteiger partial charge in [-0.15, -0.1) is 0 Å². The molecule has 19 heavy (non-hydrogen) atoms. The summed E-state index contributed by atoms with van der Waals surface area (Å²) in [4.78, 5) is 19.7. The number of nitrogens with two attached hydrogens (primary N) is 1. The van der Waals surface area contributed by atoms with Gasteiger partial charge in [0, 0.05) is 5.69 Å². The lowest BCUT2D eigenvalue weighted by molar-refractivity contribution is 1.00. The van der Waals surface area contributed by atoms with E-state index in [1.165, 1.54) is 0 Å². The number of anilines is 2. The van der Waals surface area contributed by atoms with E-state index in [2.05, 4.69) is 30.2 Å². The van der Waals surface area contributed by atoms with Crippen molar-refractivity contribution in [1.29, 1.82) is 0 Å². The van der Waals surface area contributed by atoms with Crippen molar-refractivity contribution in [2.45, 2.75) is 13.5 Å². The first kappa shape index (κ1) is 11.4. The minimum Gasteiger partial charge on any atom is -0.368 e. The first-order valence-electron chi connectivity index (χ1n) is 5.85. The second-order valence-corrected chi connectivity index (χ2v) is 4.16. The van der Waals surface area contributed by atoms with Crippen LogP contribution in [0.1, 0.15) is 11.4 Å². The highest BCUT2D eigenvalue weighted by molar-refractivity contribution is 5.83. The van der Waals surface area contributed by atoms with Crippen molar-refractivity contribution in [1.82, 2.24) is 24.9 Å². The molecule has 7 nitrogen and oxygen atoms in total. The molecule has 0 aliphatic heterocycles. The number of fused-ring (bicyclic) bond motifs is 1. The second kappa shape index (κ2) is 4.52.